The van der Waals surface area contributed by atoms with Crippen molar-refractivity contribution < 1.29 is 0 Å². The van der Waals surface area contributed by atoms with Crippen LogP contribution in [0, 0.1) is 11.3 Å². The van der Waals surface area contributed by atoms with E-state index in [0.717, 1.165) is 5.92 Å². The van der Waals surface area contributed by atoms with Crippen molar-refractivity contribution in [3.05, 3.63) is 11.1 Å². The predicted molar refractivity (Wildman–Crippen MR) is 64.4 cm³/mol. The molecular weight excluding hydrogens is 168 g/mol. The molecule has 0 aromatic rings. The molecule has 1 saturated carbocycles. The van der Waals surface area contributed by atoms with Crippen LogP contribution in [0.2, 0.25) is 0 Å². The van der Waals surface area contributed by atoms with Gasteiger partial charge < -0.3 is 0 Å². The fourth-order valence-corrected chi connectivity index (χ4v) is 2.82. The van der Waals surface area contributed by atoms with Crippen LogP contribution in [0.4, 0.5) is 0 Å². The second kappa shape index (κ2) is 4.51. The third-order valence-corrected chi connectivity index (χ3v) is 4.07. The average molecular weight is 194 g/mol. The molecule has 0 saturated heterocycles. The Kier molecular flexibility index (Phi) is 3.80. The third-order valence-electron chi connectivity index (χ3n) is 4.07. The normalized spacial score (nSPS) is 26.8. The van der Waals surface area contributed by atoms with E-state index in [2.05, 4.69) is 34.6 Å². The van der Waals surface area contributed by atoms with Gasteiger partial charge in [0, 0.05) is 0 Å². The van der Waals surface area contributed by atoms with Crippen molar-refractivity contribution in [1.82, 2.24) is 0 Å². The van der Waals surface area contributed by atoms with E-state index < -0.39 is 0 Å². The molecule has 0 radical (unpaired) electrons. The Morgan fingerprint density at radius 2 is 1.64 bits per heavy atom. The second-order valence-corrected chi connectivity index (χ2v) is 5.82. The van der Waals surface area contributed by atoms with E-state index in [1.807, 2.05) is 0 Å². The highest BCUT2D eigenvalue weighted by molar-refractivity contribution is 5.14. The zero-order chi connectivity index (χ0) is 10.8. The number of allylic oxidation sites excluding steroid dienone is 2. The summed E-state index contributed by atoms with van der Waals surface area (Å²) in [6, 6.07) is 0. The summed E-state index contributed by atoms with van der Waals surface area (Å²) >= 11 is 0. The van der Waals surface area contributed by atoms with E-state index >= 15 is 0 Å². The minimum absolute atomic E-state index is 0.526. The molecule has 0 nitrogen and oxygen atoms in total. The Balaban J connectivity index is 2.88. The van der Waals surface area contributed by atoms with Crippen molar-refractivity contribution in [2.75, 3.05) is 0 Å². The van der Waals surface area contributed by atoms with Gasteiger partial charge in [0.1, 0.15) is 0 Å². The highest BCUT2D eigenvalue weighted by Gasteiger charge is 2.31. The van der Waals surface area contributed by atoms with E-state index in [1.165, 1.54) is 37.7 Å². The highest BCUT2D eigenvalue weighted by atomic mass is 14.4. The van der Waals surface area contributed by atoms with Gasteiger partial charge in [-0.15, -0.1) is 0 Å². The summed E-state index contributed by atoms with van der Waals surface area (Å²) in [5.74, 6) is 0.829. The summed E-state index contributed by atoms with van der Waals surface area (Å²) in [7, 11) is 0. The highest BCUT2D eigenvalue weighted by Crippen LogP contribution is 2.43. The van der Waals surface area contributed by atoms with E-state index in [9.17, 15) is 0 Å². The molecule has 0 heterocycles. The summed E-state index contributed by atoms with van der Waals surface area (Å²) in [5.41, 5.74) is 3.71. The first-order chi connectivity index (χ1) is 6.45. The van der Waals surface area contributed by atoms with Gasteiger partial charge in [-0.1, -0.05) is 44.3 Å². The van der Waals surface area contributed by atoms with E-state index in [-0.39, 0.29) is 0 Å². The first kappa shape index (κ1) is 11.8. The maximum Gasteiger partial charge on any atom is -0.0152 e. The fraction of sp³-hybridized carbons (Fsp3) is 0.857. The lowest BCUT2D eigenvalue weighted by molar-refractivity contribution is 0.229. The lowest BCUT2D eigenvalue weighted by Gasteiger charge is -2.34. The maximum absolute atomic E-state index is 2.45. The molecule has 0 heteroatoms. The molecule has 1 aliphatic rings. The standard InChI is InChI=1S/C14H26/c1-11(2)12(3)13-9-7-6-8-10-14(13,4)5/h13H,6-10H2,1-5H3. The van der Waals surface area contributed by atoms with Crippen molar-refractivity contribution in [2.45, 2.75) is 66.7 Å². The first-order valence-corrected chi connectivity index (χ1v) is 6.09. The molecular formula is C14H26. The van der Waals surface area contributed by atoms with Crippen LogP contribution in [0.5, 0.6) is 0 Å². The lowest BCUT2D eigenvalue weighted by Crippen LogP contribution is -2.24. The molecule has 0 bridgehead atoms. The summed E-state index contributed by atoms with van der Waals surface area (Å²) in [6.07, 6.45) is 7.11. The molecule has 1 rings (SSSR count). The molecule has 0 aliphatic heterocycles. The van der Waals surface area contributed by atoms with Gasteiger partial charge in [0.15, 0.2) is 0 Å². The molecule has 14 heavy (non-hydrogen) atoms. The molecule has 0 amide bonds. The van der Waals surface area contributed by atoms with E-state index in [1.54, 1.807) is 5.57 Å². The summed E-state index contributed by atoms with van der Waals surface area (Å²) in [5, 5.41) is 0. The zero-order valence-electron chi connectivity index (χ0n) is 10.6. The van der Waals surface area contributed by atoms with Gasteiger partial charge in [-0.25, -0.2) is 0 Å². The molecule has 0 aromatic carbocycles. The predicted octanol–water partition coefficient (Wildman–Crippen LogP) is 4.95. The van der Waals surface area contributed by atoms with Crippen LogP contribution in [0.1, 0.15) is 66.7 Å². The van der Waals surface area contributed by atoms with Gasteiger partial charge in [0.25, 0.3) is 0 Å². The summed E-state index contributed by atoms with van der Waals surface area (Å²) < 4.78 is 0. The van der Waals surface area contributed by atoms with Crippen molar-refractivity contribution in [3.8, 4) is 0 Å². The second-order valence-electron chi connectivity index (χ2n) is 5.82. The van der Waals surface area contributed by atoms with Crippen LogP contribution >= 0.6 is 0 Å². The van der Waals surface area contributed by atoms with E-state index in [0.29, 0.717) is 5.41 Å². The van der Waals surface area contributed by atoms with Crippen LogP contribution in [0.3, 0.4) is 0 Å². The van der Waals surface area contributed by atoms with Crippen molar-refractivity contribution in [2.24, 2.45) is 11.3 Å². The van der Waals surface area contributed by atoms with Crippen molar-refractivity contribution in [1.29, 1.82) is 0 Å². The van der Waals surface area contributed by atoms with Gasteiger partial charge in [0.05, 0.1) is 0 Å². The van der Waals surface area contributed by atoms with Gasteiger partial charge in [-0.05, 0) is 44.9 Å². The lowest BCUT2D eigenvalue weighted by atomic mass is 9.71. The van der Waals surface area contributed by atoms with Crippen LogP contribution in [0.25, 0.3) is 0 Å². The maximum atomic E-state index is 2.45. The smallest absolute Gasteiger partial charge is 0.0152 e. The first-order valence-electron chi connectivity index (χ1n) is 6.09. The fourth-order valence-electron chi connectivity index (χ4n) is 2.82. The van der Waals surface area contributed by atoms with Crippen LogP contribution < -0.4 is 0 Å². The average Bonchev–Trinajstić information content (AvgIpc) is 2.24. The molecule has 0 aromatic heterocycles. The minimum atomic E-state index is 0.526. The van der Waals surface area contributed by atoms with Gasteiger partial charge in [-0.2, -0.15) is 0 Å². The molecule has 1 unspecified atom stereocenters. The third kappa shape index (κ3) is 2.62. The summed E-state index contributed by atoms with van der Waals surface area (Å²) in [4.78, 5) is 0. The molecule has 82 valence electrons. The SMILES string of the molecule is CC(C)=C(C)C1CCCCCC1(C)C. The Hall–Kier alpha value is -0.260. The molecule has 1 fully saturated rings. The number of hydrogen-bond donors (Lipinski definition) is 0. The van der Waals surface area contributed by atoms with Crippen LogP contribution in [0.15, 0.2) is 11.1 Å². The Bertz CT molecular complexity index is 216. The van der Waals surface area contributed by atoms with Gasteiger partial charge in [0.2, 0.25) is 0 Å². The monoisotopic (exact) mass is 194 g/mol. The minimum Gasteiger partial charge on any atom is -0.0772 e. The molecule has 1 atom stereocenters. The molecule has 0 spiro atoms. The van der Waals surface area contributed by atoms with E-state index in [4.69, 9.17) is 0 Å². The summed E-state index contributed by atoms with van der Waals surface area (Å²) in [6.45, 7) is 11.8. The largest absolute Gasteiger partial charge is 0.0772 e. The van der Waals surface area contributed by atoms with Gasteiger partial charge in [-0.3, -0.25) is 0 Å². The van der Waals surface area contributed by atoms with Crippen molar-refractivity contribution in [3.63, 3.8) is 0 Å². The Morgan fingerprint density at radius 3 is 2.21 bits per heavy atom. The number of hydrogen-bond acceptors (Lipinski definition) is 0. The Labute approximate surface area is 89.8 Å². The Morgan fingerprint density at radius 1 is 1.00 bits per heavy atom. The van der Waals surface area contributed by atoms with Crippen molar-refractivity contribution >= 4 is 0 Å². The molecule has 0 N–H and O–H groups in total. The topological polar surface area (TPSA) is 0 Å². The van der Waals surface area contributed by atoms with Crippen LogP contribution in [-0.2, 0) is 0 Å². The zero-order valence-corrected chi connectivity index (χ0v) is 10.6. The van der Waals surface area contributed by atoms with Crippen LogP contribution in [-0.4, -0.2) is 0 Å². The quantitative estimate of drug-likeness (QED) is 0.409. The van der Waals surface area contributed by atoms with Gasteiger partial charge >= 0.3 is 0 Å². The number of rotatable bonds is 1. The molecule has 1 aliphatic carbocycles.